The van der Waals surface area contributed by atoms with Gasteiger partial charge < -0.3 is 15.5 Å². The van der Waals surface area contributed by atoms with Crippen LogP contribution in [-0.2, 0) is 6.54 Å². The Hall–Kier alpha value is -2.17. The Morgan fingerprint density at radius 2 is 2.11 bits per heavy atom. The van der Waals surface area contributed by atoms with Crippen molar-refractivity contribution >= 4 is 18.7 Å². The summed E-state index contributed by atoms with van der Waals surface area (Å²) in [6.45, 7) is 5.91. The minimum absolute atomic E-state index is 0.0233. The van der Waals surface area contributed by atoms with Crippen molar-refractivity contribution in [2.75, 3.05) is 13.1 Å². The second-order valence-electron chi connectivity index (χ2n) is 7.43. The van der Waals surface area contributed by atoms with Crippen molar-refractivity contribution in [2.24, 2.45) is 5.73 Å². The fourth-order valence-electron chi connectivity index (χ4n) is 3.76. The van der Waals surface area contributed by atoms with Gasteiger partial charge in [0.15, 0.2) is 0 Å². The number of carbonyl (C=O) groups excluding carboxylic acids is 1. The first kappa shape index (κ1) is 19.6. The lowest BCUT2D eigenvalue weighted by molar-refractivity contribution is 0.111. The predicted molar refractivity (Wildman–Crippen MR) is 109 cm³/mol. The van der Waals surface area contributed by atoms with Gasteiger partial charge in [0.05, 0.1) is 23.6 Å². The molecule has 1 fully saturated rings. The molecule has 0 aromatic heterocycles. The van der Waals surface area contributed by atoms with Crippen LogP contribution in [0.3, 0.4) is 0 Å². The van der Waals surface area contributed by atoms with E-state index in [0.29, 0.717) is 12.1 Å². The van der Waals surface area contributed by atoms with E-state index in [9.17, 15) is 10.1 Å². The number of rotatable bonds is 4. The number of amides is 2. The van der Waals surface area contributed by atoms with Gasteiger partial charge in [0.2, 0.25) is 0 Å². The minimum Gasteiger partial charge on any atom is -0.357 e. The van der Waals surface area contributed by atoms with Gasteiger partial charge in [-0.25, -0.2) is 4.79 Å². The molecule has 1 aromatic rings. The highest BCUT2D eigenvalue weighted by atomic mass is 32.1. The molecule has 0 unspecified atom stereocenters. The molecule has 0 bridgehead atoms. The molecule has 2 aliphatic rings. The highest BCUT2D eigenvalue weighted by molar-refractivity contribution is 7.81. The van der Waals surface area contributed by atoms with Crippen molar-refractivity contribution in [1.29, 1.82) is 5.26 Å². The molecule has 6 nitrogen and oxygen atoms in total. The van der Waals surface area contributed by atoms with Gasteiger partial charge in [0.25, 0.3) is 0 Å². The average molecular weight is 386 g/mol. The molecule has 144 valence electrons. The Kier molecular flexibility index (Phi) is 5.98. The van der Waals surface area contributed by atoms with Crippen LogP contribution in [0.5, 0.6) is 0 Å². The molecular weight excluding hydrogens is 358 g/mol. The summed E-state index contributed by atoms with van der Waals surface area (Å²) in [6.07, 6.45) is 4.02. The Morgan fingerprint density at radius 3 is 2.78 bits per heavy atom. The summed E-state index contributed by atoms with van der Waals surface area (Å²) < 4.78 is 0. The van der Waals surface area contributed by atoms with Crippen LogP contribution in [0.2, 0.25) is 0 Å². The fraction of sp³-hybridized carbons (Fsp3) is 0.500. The smallest absolute Gasteiger partial charge is 0.327 e. The number of hydrogen-bond donors (Lipinski definition) is 2. The topological polar surface area (TPSA) is 76.6 Å². The van der Waals surface area contributed by atoms with Crippen LogP contribution in [0, 0.1) is 11.3 Å². The summed E-state index contributed by atoms with van der Waals surface area (Å²) in [6, 6.07) is 9.68. The van der Waals surface area contributed by atoms with Crippen LogP contribution in [0.15, 0.2) is 36.2 Å². The standard InChI is InChI=1S/C20H27N5OS/c1-14(2)25-19(27)10-18(23-9-5-8-17(22)13-23)24(20(25)26)12-16-7-4-3-6-15(16)11-21/h3-4,6-7,10,14,17,19,27H,5,8-9,12-13,22H2,1-2H3/t17-,19-/m1/s1. The fourth-order valence-corrected chi connectivity index (χ4v) is 4.26. The number of likely N-dealkylation sites (tertiary alicyclic amines) is 1. The zero-order valence-electron chi connectivity index (χ0n) is 15.9. The van der Waals surface area contributed by atoms with Crippen LogP contribution in [0.4, 0.5) is 4.79 Å². The number of carbonyl (C=O) groups is 1. The van der Waals surface area contributed by atoms with E-state index in [1.807, 2.05) is 38.1 Å². The van der Waals surface area contributed by atoms with Crippen LogP contribution < -0.4 is 5.73 Å². The third kappa shape index (κ3) is 4.07. The maximum atomic E-state index is 13.3. The number of urea groups is 1. The first-order valence-electron chi connectivity index (χ1n) is 9.40. The van der Waals surface area contributed by atoms with Gasteiger partial charge in [-0.2, -0.15) is 17.9 Å². The van der Waals surface area contributed by atoms with Crippen molar-refractivity contribution in [3.05, 3.63) is 47.3 Å². The Bertz CT molecular complexity index is 772. The average Bonchev–Trinajstić information content (AvgIpc) is 2.64. The number of piperidine rings is 1. The second kappa shape index (κ2) is 8.24. The summed E-state index contributed by atoms with van der Waals surface area (Å²) in [5.74, 6) is 0.847. The van der Waals surface area contributed by atoms with Gasteiger partial charge in [0.1, 0.15) is 5.82 Å². The molecule has 0 spiro atoms. The van der Waals surface area contributed by atoms with Crippen molar-refractivity contribution in [1.82, 2.24) is 14.7 Å². The molecule has 0 saturated carbocycles. The summed E-state index contributed by atoms with van der Waals surface area (Å²) >= 11 is 4.65. The highest BCUT2D eigenvalue weighted by Gasteiger charge is 2.37. The second-order valence-corrected chi connectivity index (χ2v) is 7.95. The normalized spacial score (nSPS) is 23.5. The Labute approximate surface area is 166 Å². The lowest BCUT2D eigenvalue weighted by atomic mass is 10.1. The van der Waals surface area contributed by atoms with Crippen molar-refractivity contribution in [3.8, 4) is 6.07 Å². The third-order valence-electron chi connectivity index (χ3n) is 5.12. The molecule has 0 radical (unpaired) electrons. The Balaban J connectivity index is 1.98. The van der Waals surface area contributed by atoms with Crippen molar-refractivity contribution in [2.45, 2.75) is 50.7 Å². The monoisotopic (exact) mass is 385 g/mol. The van der Waals surface area contributed by atoms with E-state index in [4.69, 9.17) is 5.73 Å². The zero-order valence-corrected chi connectivity index (χ0v) is 16.8. The number of nitrogens with zero attached hydrogens (tertiary/aromatic N) is 4. The molecule has 27 heavy (non-hydrogen) atoms. The Morgan fingerprint density at radius 1 is 1.37 bits per heavy atom. The first-order valence-corrected chi connectivity index (χ1v) is 9.92. The molecule has 2 atom stereocenters. The zero-order chi connectivity index (χ0) is 19.6. The van der Waals surface area contributed by atoms with E-state index in [1.54, 1.807) is 15.9 Å². The van der Waals surface area contributed by atoms with Crippen LogP contribution >= 0.6 is 12.6 Å². The molecule has 2 N–H and O–H groups in total. The molecular formula is C20H27N5OS. The molecule has 2 aliphatic heterocycles. The lowest BCUT2D eigenvalue weighted by Gasteiger charge is -2.46. The summed E-state index contributed by atoms with van der Waals surface area (Å²) in [5.41, 5.74) is 7.60. The number of thiol groups is 1. The van der Waals surface area contributed by atoms with Gasteiger partial charge in [-0.05, 0) is 44.4 Å². The van der Waals surface area contributed by atoms with Crippen molar-refractivity contribution in [3.63, 3.8) is 0 Å². The quantitative estimate of drug-likeness (QED) is 0.782. The number of benzene rings is 1. The van der Waals surface area contributed by atoms with Crippen LogP contribution in [-0.4, -0.2) is 51.3 Å². The number of nitriles is 1. The SMILES string of the molecule is CC(C)N1C(=O)N(Cc2ccccc2C#N)C(N2CCC[C@@H](N)C2)=C[C@H]1S. The number of nitrogens with two attached hydrogens (primary N) is 1. The van der Waals surface area contributed by atoms with E-state index < -0.39 is 0 Å². The van der Waals surface area contributed by atoms with E-state index in [-0.39, 0.29) is 23.5 Å². The highest BCUT2D eigenvalue weighted by Crippen LogP contribution is 2.30. The molecule has 3 rings (SSSR count). The summed E-state index contributed by atoms with van der Waals surface area (Å²) in [5, 5.41) is 9.14. The van der Waals surface area contributed by atoms with Gasteiger partial charge >= 0.3 is 6.03 Å². The first-order chi connectivity index (χ1) is 12.9. The van der Waals surface area contributed by atoms with Crippen molar-refractivity contribution < 1.29 is 4.79 Å². The lowest BCUT2D eigenvalue weighted by Crippen LogP contribution is -2.56. The van der Waals surface area contributed by atoms with E-state index in [1.165, 1.54) is 0 Å². The minimum atomic E-state index is -0.284. The molecule has 2 heterocycles. The van der Waals surface area contributed by atoms with E-state index in [0.717, 1.165) is 37.3 Å². The van der Waals surface area contributed by atoms with E-state index >= 15 is 0 Å². The maximum Gasteiger partial charge on any atom is 0.327 e. The van der Waals surface area contributed by atoms with Gasteiger partial charge in [-0.15, -0.1) is 0 Å². The molecule has 1 saturated heterocycles. The molecule has 2 amide bonds. The number of hydrogen-bond acceptors (Lipinski definition) is 5. The summed E-state index contributed by atoms with van der Waals surface area (Å²) in [7, 11) is 0. The molecule has 1 aromatic carbocycles. The third-order valence-corrected chi connectivity index (χ3v) is 5.51. The maximum absolute atomic E-state index is 13.3. The summed E-state index contributed by atoms with van der Waals surface area (Å²) in [4.78, 5) is 19.0. The molecule has 0 aliphatic carbocycles. The largest absolute Gasteiger partial charge is 0.357 e. The predicted octanol–water partition coefficient (Wildman–Crippen LogP) is 2.72. The van der Waals surface area contributed by atoms with E-state index in [2.05, 4.69) is 23.6 Å². The van der Waals surface area contributed by atoms with Gasteiger partial charge in [-0.1, -0.05) is 18.2 Å². The van der Waals surface area contributed by atoms with Gasteiger partial charge in [0, 0.05) is 25.2 Å². The van der Waals surface area contributed by atoms with Gasteiger partial charge in [-0.3, -0.25) is 4.90 Å². The van der Waals surface area contributed by atoms with Crippen LogP contribution in [0.25, 0.3) is 0 Å². The molecule has 7 heteroatoms. The van der Waals surface area contributed by atoms with Crippen LogP contribution in [0.1, 0.15) is 37.8 Å².